The van der Waals surface area contributed by atoms with Gasteiger partial charge in [-0.2, -0.15) is 0 Å². The molecule has 1 aromatic rings. The number of hydrogen-bond acceptors (Lipinski definition) is 2. The second-order valence-corrected chi connectivity index (χ2v) is 6.85. The van der Waals surface area contributed by atoms with Crippen molar-refractivity contribution in [1.29, 1.82) is 0 Å². The lowest BCUT2D eigenvalue weighted by Gasteiger charge is -2.33. The first-order valence-electron chi connectivity index (χ1n) is 8.54. The molecule has 0 radical (unpaired) electrons. The second kappa shape index (κ2) is 8.33. The van der Waals surface area contributed by atoms with Crippen molar-refractivity contribution < 1.29 is 4.79 Å². The van der Waals surface area contributed by atoms with Crippen LogP contribution in [-0.4, -0.2) is 49.9 Å². The van der Waals surface area contributed by atoms with Crippen LogP contribution in [0.5, 0.6) is 0 Å². The van der Waals surface area contributed by atoms with Gasteiger partial charge in [0.1, 0.15) is 0 Å². The zero-order valence-electron chi connectivity index (χ0n) is 14.3. The molecule has 1 amide bonds. The van der Waals surface area contributed by atoms with Crippen LogP contribution in [0.25, 0.3) is 0 Å². The van der Waals surface area contributed by atoms with Crippen LogP contribution in [-0.2, 0) is 4.79 Å². The Bertz CT molecular complexity index is 452. The van der Waals surface area contributed by atoms with Crippen molar-refractivity contribution >= 4 is 5.91 Å². The predicted octanol–water partition coefficient (Wildman–Crippen LogP) is 3.37. The van der Waals surface area contributed by atoms with Gasteiger partial charge in [-0.05, 0) is 38.4 Å². The Balaban J connectivity index is 2.14. The largest absolute Gasteiger partial charge is 0.344 e. The molecule has 1 aliphatic rings. The molecule has 1 saturated carbocycles. The molecule has 0 heterocycles. The number of hydrogen-bond donors (Lipinski definition) is 0. The maximum absolute atomic E-state index is 13.1. The first-order valence-corrected chi connectivity index (χ1v) is 8.54. The lowest BCUT2D eigenvalue weighted by Crippen LogP contribution is -2.39. The number of nitrogens with zero attached hydrogens (tertiary/aromatic N) is 2. The highest BCUT2D eigenvalue weighted by molar-refractivity contribution is 5.84. The lowest BCUT2D eigenvalue weighted by atomic mass is 9.76. The molecule has 3 nitrogen and oxygen atoms in total. The Morgan fingerprint density at radius 2 is 1.68 bits per heavy atom. The topological polar surface area (TPSA) is 23.6 Å². The van der Waals surface area contributed by atoms with E-state index in [0.29, 0.717) is 11.8 Å². The Hall–Kier alpha value is -1.35. The van der Waals surface area contributed by atoms with Crippen LogP contribution in [0.2, 0.25) is 0 Å². The first-order chi connectivity index (χ1) is 10.6. The zero-order valence-corrected chi connectivity index (χ0v) is 14.3. The summed E-state index contributed by atoms with van der Waals surface area (Å²) in [5, 5.41) is 0. The highest BCUT2D eigenvalue weighted by atomic mass is 16.2. The molecular formula is C19H30N2O. The van der Waals surface area contributed by atoms with Gasteiger partial charge in [0.25, 0.3) is 0 Å². The SMILES string of the molecule is CN(C)CCN(C)C(=O)[C@H](c1ccccc1)C1CCCCC1. The van der Waals surface area contributed by atoms with Crippen LogP contribution in [0.1, 0.15) is 43.6 Å². The van der Waals surface area contributed by atoms with Crippen LogP contribution in [0.3, 0.4) is 0 Å². The monoisotopic (exact) mass is 302 g/mol. The molecule has 0 aliphatic heterocycles. The van der Waals surface area contributed by atoms with E-state index in [9.17, 15) is 4.79 Å². The molecule has 1 aromatic carbocycles. The Morgan fingerprint density at radius 1 is 1.05 bits per heavy atom. The maximum Gasteiger partial charge on any atom is 0.230 e. The number of carbonyl (C=O) groups is 1. The van der Waals surface area contributed by atoms with Crippen LogP contribution in [0.4, 0.5) is 0 Å². The van der Waals surface area contributed by atoms with Gasteiger partial charge in [0.15, 0.2) is 0 Å². The van der Waals surface area contributed by atoms with Crippen molar-refractivity contribution in [3.05, 3.63) is 35.9 Å². The Morgan fingerprint density at radius 3 is 2.27 bits per heavy atom. The second-order valence-electron chi connectivity index (χ2n) is 6.85. The maximum atomic E-state index is 13.1. The Kier molecular flexibility index (Phi) is 6.44. The van der Waals surface area contributed by atoms with E-state index < -0.39 is 0 Å². The number of likely N-dealkylation sites (N-methyl/N-ethyl adjacent to an activating group) is 2. The highest BCUT2D eigenvalue weighted by Crippen LogP contribution is 2.37. The van der Waals surface area contributed by atoms with E-state index in [1.165, 1.54) is 37.7 Å². The molecule has 1 aliphatic carbocycles. The van der Waals surface area contributed by atoms with Gasteiger partial charge < -0.3 is 9.80 Å². The van der Waals surface area contributed by atoms with Gasteiger partial charge in [-0.15, -0.1) is 0 Å². The van der Waals surface area contributed by atoms with Gasteiger partial charge in [0.05, 0.1) is 5.92 Å². The zero-order chi connectivity index (χ0) is 15.9. The molecule has 1 atom stereocenters. The summed E-state index contributed by atoms with van der Waals surface area (Å²) in [6.07, 6.45) is 6.23. The summed E-state index contributed by atoms with van der Waals surface area (Å²) in [7, 11) is 6.05. The number of rotatable bonds is 6. The van der Waals surface area contributed by atoms with E-state index >= 15 is 0 Å². The van der Waals surface area contributed by atoms with Crippen LogP contribution in [0, 0.1) is 5.92 Å². The fourth-order valence-electron chi connectivity index (χ4n) is 3.44. The van der Waals surface area contributed by atoms with Gasteiger partial charge >= 0.3 is 0 Å². The minimum Gasteiger partial charge on any atom is -0.344 e. The molecule has 0 saturated heterocycles. The van der Waals surface area contributed by atoms with Crippen molar-refractivity contribution in [2.75, 3.05) is 34.2 Å². The smallest absolute Gasteiger partial charge is 0.230 e. The van der Waals surface area contributed by atoms with E-state index in [2.05, 4.69) is 29.2 Å². The fourth-order valence-corrected chi connectivity index (χ4v) is 3.44. The van der Waals surface area contributed by atoms with E-state index in [4.69, 9.17) is 0 Å². The molecular weight excluding hydrogens is 272 g/mol. The number of amides is 1. The molecule has 3 heteroatoms. The Labute approximate surface area is 135 Å². The third-order valence-electron chi connectivity index (χ3n) is 4.80. The molecule has 0 bridgehead atoms. The summed E-state index contributed by atoms with van der Waals surface area (Å²) in [6.45, 7) is 1.70. The van der Waals surface area contributed by atoms with Crippen molar-refractivity contribution in [2.45, 2.75) is 38.0 Å². The summed E-state index contributed by atoms with van der Waals surface area (Å²) < 4.78 is 0. The van der Waals surface area contributed by atoms with Gasteiger partial charge in [-0.3, -0.25) is 4.79 Å². The van der Waals surface area contributed by atoms with Gasteiger partial charge in [-0.25, -0.2) is 0 Å². The third-order valence-corrected chi connectivity index (χ3v) is 4.80. The summed E-state index contributed by atoms with van der Waals surface area (Å²) >= 11 is 0. The van der Waals surface area contributed by atoms with Crippen LogP contribution < -0.4 is 0 Å². The quantitative estimate of drug-likeness (QED) is 0.804. The summed E-state index contributed by atoms with van der Waals surface area (Å²) in [6, 6.07) is 10.4. The minimum absolute atomic E-state index is 0.0358. The third kappa shape index (κ3) is 4.57. The molecule has 2 rings (SSSR count). The standard InChI is InChI=1S/C19H30N2O/c1-20(2)14-15-21(3)19(22)18(16-10-6-4-7-11-16)17-12-8-5-9-13-17/h4,6-7,10-11,17-18H,5,8-9,12-15H2,1-3H3/t18-/m1/s1. The van der Waals surface area contributed by atoms with Gasteiger partial charge in [0.2, 0.25) is 5.91 Å². The summed E-state index contributed by atoms with van der Waals surface area (Å²) in [5.74, 6) is 0.832. The fraction of sp³-hybridized carbons (Fsp3) is 0.632. The normalized spacial score (nSPS) is 17.5. The van der Waals surface area contributed by atoms with Crippen LogP contribution in [0.15, 0.2) is 30.3 Å². The van der Waals surface area contributed by atoms with Crippen molar-refractivity contribution in [3.8, 4) is 0 Å². The molecule has 22 heavy (non-hydrogen) atoms. The van der Waals surface area contributed by atoms with Crippen molar-refractivity contribution in [1.82, 2.24) is 9.80 Å². The lowest BCUT2D eigenvalue weighted by molar-refractivity contribution is -0.133. The van der Waals surface area contributed by atoms with Crippen molar-refractivity contribution in [3.63, 3.8) is 0 Å². The molecule has 0 spiro atoms. The highest BCUT2D eigenvalue weighted by Gasteiger charge is 2.32. The number of benzene rings is 1. The average Bonchev–Trinajstić information content (AvgIpc) is 2.54. The minimum atomic E-state index is 0.0358. The van der Waals surface area contributed by atoms with E-state index in [-0.39, 0.29) is 5.92 Å². The first kappa shape index (κ1) is 17.0. The van der Waals surface area contributed by atoms with E-state index in [1.807, 2.05) is 32.1 Å². The van der Waals surface area contributed by atoms with Crippen LogP contribution >= 0.6 is 0 Å². The average molecular weight is 302 g/mol. The van der Waals surface area contributed by atoms with E-state index in [0.717, 1.165) is 13.1 Å². The predicted molar refractivity (Wildman–Crippen MR) is 91.9 cm³/mol. The molecule has 0 N–H and O–H groups in total. The molecule has 0 aromatic heterocycles. The van der Waals surface area contributed by atoms with Gasteiger partial charge in [0, 0.05) is 20.1 Å². The summed E-state index contributed by atoms with van der Waals surface area (Å²) in [4.78, 5) is 17.1. The van der Waals surface area contributed by atoms with E-state index in [1.54, 1.807) is 0 Å². The van der Waals surface area contributed by atoms with Gasteiger partial charge in [-0.1, -0.05) is 49.6 Å². The summed E-state index contributed by atoms with van der Waals surface area (Å²) in [5.41, 5.74) is 1.19. The molecule has 1 fully saturated rings. The van der Waals surface area contributed by atoms with Crippen molar-refractivity contribution in [2.24, 2.45) is 5.92 Å². The molecule has 122 valence electrons. The molecule has 0 unspecified atom stereocenters. The number of carbonyl (C=O) groups excluding carboxylic acids is 1.